The van der Waals surface area contributed by atoms with E-state index in [1.807, 2.05) is 61.5 Å². The van der Waals surface area contributed by atoms with Gasteiger partial charge in [0.1, 0.15) is 12.2 Å². The standard InChI is InChI=1S/C23H19N3O2.BrH/c1-15-10-12-16(13-11-15)21-19-8-4-5-9-20(19)22(24)26(25-21)14-17-6-2-3-7-18(17)23(27)28;/h2-13,24H,14H2,1H3,(H,27,28);1H. The molecule has 0 bridgehead atoms. The maximum absolute atomic E-state index is 11.6. The minimum absolute atomic E-state index is 0. The Balaban J connectivity index is 0.00000240. The summed E-state index contributed by atoms with van der Waals surface area (Å²) in [7, 11) is 0. The minimum Gasteiger partial charge on any atom is -1.00 e. The second kappa shape index (κ2) is 8.41. The van der Waals surface area contributed by atoms with Crippen LogP contribution in [0.25, 0.3) is 22.0 Å². The van der Waals surface area contributed by atoms with Gasteiger partial charge in [-0.25, -0.2) is 4.79 Å². The number of nitrogens with two attached hydrogens (primary N) is 1. The highest BCUT2D eigenvalue weighted by atomic mass is 79.9. The predicted molar refractivity (Wildman–Crippen MR) is 109 cm³/mol. The summed E-state index contributed by atoms with van der Waals surface area (Å²) in [5.74, 6) is -0.457. The molecule has 0 aliphatic carbocycles. The van der Waals surface area contributed by atoms with Gasteiger partial charge in [-0.1, -0.05) is 71.3 Å². The van der Waals surface area contributed by atoms with Crippen molar-refractivity contribution in [3.63, 3.8) is 0 Å². The molecule has 3 aromatic carbocycles. The number of nitrogen functional groups attached to an aromatic ring is 1. The SMILES string of the molecule is Cc1ccc(-c2n[n+](Cc3ccccc3C(=O)O)c(N)c3ccccc23)cc1.[Br-]. The van der Waals surface area contributed by atoms with Crippen molar-refractivity contribution >= 4 is 22.6 Å². The number of nitrogens with zero attached hydrogens (tertiary/aromatic N) is 2. The van der Waals surface area contributed by atoms with Crippen molar-refractivity contribution in [3.05, 3.63) is 89.5 Å². The van der Waals surface area contributed by atoms with Crippen LogP contribution in [0, 0.1) is 6.92 Å². The first-order valence-corrected chi connectivity index (χ1v) is 9.01. The number of rotatable bonds is 4. The van der Waals surface area contributed by atoms with Crippen molar-refractivity contribution < 1.29 is 31.6 Å². The van der Waals surface area contributed by atoms with E-state index >= 15 is 0 Å². The van der Waals surface area contributed by atoms with Crippen LogP contribution in [-0.2, 0) is 6.54 Å². The van der Waals surface area contributed by atoms with Crippen LogP contribution in [0.4, 0.5) is 5.82 Å². The number of hydrogen-bond donors (Lipinski definition) is 2. The second-order valence-corrected chi connectivity index (χ2v) is 6.77. The number of carboxylic acids is 1. The van der Waals surface area contributed by atoms with E-state index < -0.39 is 5.97 Å². The lowest BCUT2D eigenvalue weighted by atomic mass is 10.0. The molecule has 0 unspecified atom stereocenters. The van der Waals surface area contributed by atoms with Gasteiger partial charge in [0.2, 0.25) is 0 Å². The lowest BCUT2D eigenvalue weighted by Gasteiger charge is -2.11. The molecule has 4 rings (SSSR count). The first-order valence-electron chi connectivity index (χ1n) is 9.01. The summed E-state index contributed by atoms with van der Waals surface area (Å²) in [5, 5.41) is 16.1. The number of aromatic carboxylic acids is 1. The molecule has 1 aromatic heterocycles. The number of anilines is 1. The molecule has 0 atom stereocenters. The van der Waals surface area contributed by atoms with E-state index in [1.165, 1.54) is 5.56 Å². The van der Waals surface area contributed by atoms with Gasteiger partial charge < -0.3 is 22.1 Å². The normalized spacial score (nSPS) is 10.5. The fraction of sp³-hybridized carbons (Fsp3) is 0.0870. The summed E-state index contributed by atoms with van der Waals surface area (Å²) in [6.07, 6.45) is 0. The number of benzene rings is 3. The molecule has 0 aliphatic heterocycles. The molecule has 0 aliphatic rings. The zero-order valence-corrected chi connectivity index (χ0v) is 17.4. The van der Waals surface area contributed by atoms with Crippen molar-refractivity contribution in [2.45, 2.75) is 13.5 Å². The van der Waals surface area contributed by atoms with Gasteiger partial charge >= 0.3 is 11.8 Å². The summed E-state index contributed by atoms with van der Waals surface area (Å²) in [6.45, 7) is 2.32. The van der Waals surface area contributed by atoms with Crippen LogP contribution in [0.1, 0.15) is 21.5 Å². The van der Waals surface area contributed by atoms with E-state index in [0.717, 1.165) is 22.0 Å². The van der Waals surface area contributed by atoms with Crippen molar-refractivity contribution in [3.8, 4) is 11.3 Å². The van der Waals surface area contributed by atoms with Crippen LogP contribution >= 0.6 is 0 Å². The Morgan fingerprint density at radius 3 is 2.28 bits per heavy atom. The zero-order valence-electron chi connectivity index (χ0n) is 15.8. The van der Waals surface area contributed by atoms with E-state index in [9.17, 15) is 9.90 Å². The van der Waals surface area contributed by atoms with E-state index in [4.69, 9.17) is 10.8 Å². The highest BCUT2D eigenvalue weighted by Gasteiger charge is 2.20. The van der Waals surface area contributed by atoms with Gasteiger partial charge in [-0.2, -0.15) is 0 Å². The van der Waals surface area contributed by atoms with Crippen LogP contribution in [0.3, 0.4) is 0 Å². The van der Waals surface area contributed by atoms with Crippen molar-refractivity contribution in [1.29, 1.82) is 0 Å². The Morgan fingerprint density at radius 1 is 0.966 bits per heavy atom. The molecule has 5 nitrogen and oxygen atoms in total. The Hall–Kier alpha value is -3.25. The van der Waals surface area contributed by atoms with Crippen molar-refractivity contribution in [1.82, 2.24) is 5.10 Å². The van der Waals surface area contributed by atoms with Gasteiger partial charge in [0, 0.05) is 16.5 Å². The highest BCUT2D eigenvalue weighted by Crippen LogP contribution is 2.28. The Bertz CT molecular complexity index is 1190. The van der Waals surface area contributed by atoms with Gasteiger partial charge in [-0.05, 0) is 19.1 Å². The molecule has 0 radical (unpaired) electrons. The summed E-state index contributed by atoms with van der Waals surface area (Å²) >= 11 is 0. The van der Waals surface area contributed by atoms with E-state index in [2.05, 4.69) is 0 Å². The molecular weight excluding hydrogens is 430 g/mol. The van der Waals surface area contributed by atoms with Crippen LogP contribution in [0.2, 0.25) is 0 Å². The summed E-state index contributed by atoms with van der Waals surface area (Å²) in [4.78, 5) is 11.6. The van der Waals surface area contributed by atoms with Gasteiger partial charge in [0.15, 0.2) is 0 Å². The number of hydrogen-bond acceptors (Lipinski definition) is 3. The number of aromatic nitrogens is 2. The minimum atomic E-state index is -0.964. The third-order valence-electron chi connectivity index (χ3n) is 4.85. The first-order chi connectivity index (χ1) is 13.5. The monoisotopic (exact) mass is 449 g/mol. The molecule has 0 saturated carbocycles. The molecule has 29 heavy (non-hydrogen) atoms. The van der Waals surface area contributed by atoms with E-state index in [1.54, 1.807) is 22.9 Å². The molecule has 0 fully saturated rings. The first kappa shape index (κ1) is 20.5. The average molecular weight is 450 g/mol. The third kappa shape index (κ3) is 3.98. The average Bonchev–Trinajstić information content (AvgIpc) is 2.71. The number of carbonyl (C=O) groups is 1. The Morgan fingerprint density at radius 2 is 1.59 bits per heavy atom. The van der Waals surface area contributed by atoms with Crippen molar-refractivity contribution in [2.75, 3.05) is 5.73 Å². The zero-order chi connectivity index (χ0) is 19.7. The summed E-state index contributed by atoms with van der Waals surface area (Å²) < 4.78 is 1.68. The van der Waals surface area contributed by atoms with Crippen molar-refractivity contribution in [2.24, 2.45) is 0 Å². The molecular formula is C23H20BrN3O2. The quantitative estimate of drug-likeness (QED) is 0.452. The number of halogens is 1. The lowest BCUT2D eigenvalue weighted by molar-refractivity contribution is -0.730. The fourth-order valence-corrected chi connectivity index (χ4v) is 3.35. The number of fused-ring (bicyclic) bond motifs is 1. The Kier molecular flexibility index (Phi) is 5.94. The summed E-state index contributed by atoms with van der Waals surface area (Å²) in [6, 6.07) is 23.0. The van der Waals surface area contributed by atoms with Gasteiger partial charge in [-0.3, -0.25) is 5.73 Å². The fourth-order valence-electron chi connectivity index (χ4n) is 3.35. The predicted octanol–water partition coefficient (Wildman–Crippen LogP) is 0.830. The number of aryl methyl sites for hydroxylation is 1. The van der Waals surface area contributed by atoms with Crippen LogP contribution in [0.15, 0.2) is 72.8 Å². The lowest BCUT2D eigenvalue weighted by Crippen LogP contribution is -3.00. The molecule has 0 spiro atoms. The molecule has 6 heteroatoms. The number of carboxylic acid groups (broad SMARTS) is 1. The molecule has 146 valence electrons. The largest absolute Gasteiger partial charge is 1.00 e. The topological polar surface area (TPSA) is 80.1 Å². The molecule has 0 amide bonds. The van der Waals surface area contributed by atoms with Gasteiger partial charge in [0.25, 0.3) is 0 Å². The highest BCUT2D eigenvalue weighted by molar-refractivity contribution is 5.98. The summed E-state index contributed by atoms with van der Waals surface area (Å²) in [5.41, 5.74) is 10.3. The molecule has 4 aromatic rings. The van der Waals surface area contributed by atoms with Gasteiger partial charge in [0.05, 0.1) is 10.9 Å². The third-order valence-corrected chi connectivity index (χ3v) is 4.85. The van der Waals surface area contributed by atoms with Gasteiger partial charge in [-0.15, -0.1) is 4.68 Å². The van der Waals surface area contributed by atoms with E-state index in [-0.39, 0.29) is 29.1 Å². The molecule has 0 saturated heterocycles. The maximum atomic E-state index is 11.6. The second-order valence-electron chi connectivity index (χ2n) is 6.77. The Labute approximate surface area is 179 Å². The van der Waals surface area contributed by atoms with Crippen LogP contribution in [0.5, 0.6) is 0 Å². The van der Waals surface area contributed by atoms with Crippen LogP contribution < -0.4 is 27.4 Å². The van der Waals surface area contributed by atoms with Crippen LogP contribution in [-0.4, -0.2) is 16.2 Å². The molecule has 3 N–H and O–H groups in total. The smallest absolute Gasteiger partial charge is 0.336 e. The maximum Gasteiger partial charge on any atom is 0.336 e. The molecule has 1 heterocycles. The van der Waals surface area contributed by atoms with E-state index in [0.29, 0.717) is 11.4 Å².